The lowest BCUT2D eigenvalue weighted by atomic mass is 10.0. The van der Waals surface area contributed by atoms with Crippen LogP contribution in [0.15, 0.2) is 46.9 Å². The molecule has 106 valence electrons. The van der Waals surface area contributed by atoms with E-state index in [1.54, 1.807) is 0 Å². The molecule has 0 saturated carbocycles. The third-order valence-electron chi connectivity index (χ3n) is 3.28. The Hall–Kier alpha value is -0.990. The predicted molar refractivity (Wildman–Crippen MR) is 91.7 cm³/mol. The number of benzene rings is 2. The third kappa shape index (κ3) is 4.53. The summed E-state index contributed by atoms with van der Waals surface area (Å²) in [5.74, 6) is 0. The van der Waals surface area contributed by atoms with Gasteiger partial charge in [0.05, 0.1) is 0 Å². The largest absolute Gasteiger partial charge is 0.382 e. The summed E-state index contributed by atoms with van der Waals surface area (Å²) in [7, 11) is 0. The predicted octanol–water partition coefficient (Wildman–Crippen LogP) is 5.84. The smallest absolute Gasteiger partial charge is 0.0487 e. The van der Waals surface area contributed by atoms with Crippen LogP contribution < -0.4 is 5.32 Å². The molecule has 20 heavy (non-hydrogen) atoms. The van der Waals surface area contributed by atoms with Crippen molar-refractivity contribution in [3.8, 4) is 0 Å². The maximum Gasteiger partial charge on any atom is 0.0487 e. The van der Waals surface area contributed by atoms with Crippen LogP contribution in [-0.4, -0.2) is 6.04 Å². The average Bonchev–Trinajstić information content (AvgIpc) is 2.40. The SMILES string of the molecule is Cc1cccc(CCC(C)Nc2ccc(Cl)cc2Br)c1. The molecule has 0 radical (unpaired) electrons. The topological polar surface area (TPSA) is 12.0 Å². The second kappa shape index (κ2) is 7.14. The van der Waals surface area contributed by atoms with Gasteiger partial charge in [0.2, 0.25) is 0 Å². The average molecular weight is 353 g/mol. The van der Waals surface area contributed by atoms with E-state index in [0.29, 0.717) is 6.04 Å². The van der Waals surface area contributed by atoms with Crippen LogP contribution in [0.1, 0.15) is 24.5 Å². The second-order valence-corrected chi connectivity index (χ2v) is 6.49. The molecule has 2 aromatic rings. The van der Waals surface area contributed by atoms with Crippen LogP contribution in [0, 0.1) is 6.92 Å². The molecule has 0 aliphatic carbocycles. The van der Waals surface area contributed by atoms with Crippen molar-refractivity contribution in [2.45, 2.75) is 32.7 Å². The Labute approximate surface area is 134 Å². The van der Waals surface area contributed by atoms with Crippen molar-refractivity contribution in [3.63, 3.8) is 0 Å². The summed E-state index contributed by atoms with van der Waals surface area (Å²) in [5, 5.41) is 4.26. The van der Waals surface area contributed by atoms with Crippen LogP contribution >= 0.6 is 27.5 Å². The van der Waals surface area contributed by atoms with Gasteiger partial charge in [0.25, 0.3) is 0 Å². The highest BCUT2D eigenvalue weighted by atomic mass is 79.9. The first-order valence-corrected chi connectivity index (χ1v) is 7.99. The summed E-state index contributed by atoms with van der Waals surface area (Å²) in [6.45, 7) is 4.34. The van der Waals surface area contributed by atoms with Gasteiger partial charge in [-0.15, -0.1) is 0 Å². The van der Waals surface area contributed by atoms with Crippen molar-refractivity contribution in [2.75, 3.05) is 5.32 Å². The molecule has 1 N–H and O–H groups in total. The van der Waals surface area contributed by atoms with Gasteiger partial charge in [-0.1, -0.05) is 41.4 Å². The molecule has 0 amide bonds. The molecule has 1 nitrogen and oxygen atoms in total. The molecule has 2 rings (SSSR count). The van der Waals surface area contributed by atoms with E-state index < -0.39 is 0 Å². The molecular weight excluding hydrogens is 334 g/mol. The minimum Gasteiger partial charge on any atom is -0.382 e. The van der Waals surface area contributed by atoms with Crippen LogP contribution in [0.5, 0.6) is 0 Å². The molecule has 0 heterocycles. The van der Waals surface area contributed by atoms with E-state index in [0.717, 1.165) is 28.0 Å². The first-order chi connectivity index (χ1) is 9.54. The van der Waals surface area contributed by atoms with E-state index in [9.17, 15) is 0 Å². The van der Waals surface area contributed by atoms with Gasteiger partial charge in [0.15, 0.2) is 0 Å². The van der Waals surface area contributed by atoms with E-state index in [-0.39, 0.29) is 0 Å². The van der Waals surface area contributed by atoms with E-state index in [4.69, 9.17) is 11.6 Å². The molecule has 1 unspecified atom stereocenters. The van der Waals surface area contributed by atoms with Crippen LogP contribution in [0.25, 0.3) is 0 Å². The van der Waals surface area contributed by atoms with Crippen LogP contribution in [0.2, 0.25) is 5.02 Å². The first-order valence-electron chi connectivity index (χ1n) is 6.82. The maximum absolute atomic E-state index is 5.95. The van der Waals surface area contributed by atoms with Crippen LogP contribution in [-0.2, 0) is 6.42 Å². The van der Waals surface area contributed by atoms with E-state index in [1.807, 2.05) is 18.2 Å². The summed E-state index contributed by atoms with van der Waals surface area (Å²) in [6, 6.07) is 14.9. The Morgan fingerprint density at radius 3 is 2.70 bits per heavy atom. The minimum absolute atomic E-state index is 0.410. The number of hydrogen-bond donors (Lipinski definition) is 1. The highest BCUT2D eigenvalue weighted by molar-refractivity contribution is 9.10. The zero-order chi connectivity index (χ0) is 14.5. The quantitative estimate of drug-likeness (QED) is 0.712. The summed E-state index contributed by atoms with van der Waals surface area (Å²) in [4.78, 5) is 0. The van der Waals surface area contributed by atoms with Crippen molar-refractivity contribution < 1.29 is 0 Å². The van der Waals surface area contributed by atoms with E-state index in [2.05, 4.69) is 59.4 Å². The van der Waals surface area contributed by atoms with Gasteiger partial charge in [-0.05, 0) is 66.4 Å². The van der Waals surface area contributed by atoms with Gasteiger partial charge >= 0.3 is 0 Å². The van der Waals surface area contributed by atoms with Gasteiger partial charge in [0.1, 0.15) is 0 Å². The zero-order valence-electron chi connectivity index (χ0n) is 11.8. The minimum atomic E-state index is 0.410. The number of nitrogens with one attached hydrogen (secondary N) is 1. The lowest BCUT2D eigenvalue weighted by Crippen LogP contribution is -2.16. The number of rotatable bonds is 5. The number of aryl methyl sites for hydroxylation is 2. The van der Waals surface area contributed by atoms with Gasteiger partial charge in [0, 0.05) is 21.2 Å². The van der Waals surface area contributed by atoms with E-state index in [1.165, 1.54) is 11.1 Å². The Kier molecular flexibility index (Phi) is 5.50. The van der Waals surface area contributed by atoms with Gasteiger partial charge in [-0.3, -0.25) is 0 Å². The van der Waals surface area contributed by atoms with Gasteiger partial charge in [-0.25, -0.2) is 0 Å². The Balaban J connectivity index is 1.90. The van der Waals surface area contributed by atoms with Crippen molar-refractivity contribution in [2.24, 2.45) is 0 Å². The number of anilines is 1. The molecule has 0 aliphatic rings. The Morgan fingerprint density at radius 2 is 2.00 bits per heavy atom. The normalized spacial score (nSPS) is 12.2. The molecule has 0 bridgehead atoms. The van der Waals surface area contributed by atoms with Gasteiger partial charge < -0.3 is 5.32 Å². The molecule has 0 aliphatic heterocycles. The van der Waals surface area contributed by atoms with Gasteiger partial charge in [-0.2, -0.15) is 0 Å². The third-order valence-corrected chi connectivity index (χ3v) is 4.17. The number of hydrogen-bond acceptors (Lipinski definition) is 1. The van der Waals surface area contributed by atoms with Crippen molar-refractivity contribution in [1.29, 1.82) is 0 Å². The summed E-state index contributed by atoms with van der Waals surface area (Å²) >= 11 is 9.49. The molecule has 0 fully saturated rings. The lowest BCUT2D eigenvalue weighted by Gasteiger charge is -2.16. The van der Waals surface area contributed by atoms with Crippen molar-refractivity contribution in [1.82, 2.24) is 0 Å². The standard InChI is InChI=1S/C17H19BrClN/c1-12-4-3-5-14(10-12)7-6-13(2)20-17-9-8-15(19)11-16(17)18/h3-5,8-11,13,20H,6-7H2,1-2H3. The fraction of sp³-hybridized carbons (Fsp3) is 0.294. The maximum atomic E-state index is 5.95. The molecule has 2 aromatic carbocycles. The van der Waals surface area contributed by atoms with Crippen molar-refractivity contribution >= 4 is 33.2 Å². The fourth-order valence-corrected chi connectivity index (χ4v) is 2.99. The van der Waals surface area contributed by atoms with Crippen LogP contribution in [0.3, 0.4) is 0 Å². The molecular formula is C17H19BrClN. The van der Waals surface area contributed by atoms with E-state index >= 15 is 0 Å². The highest BCUT2D eigenvalue weighted by Crippen LogP contribution is 2.26. The Bertz CT molecular complexity index is 583. The number of halogens is 2. The van der Waals surface area contributed by atoms with Crippen molar-refractivity contribution in [3.05, 3.63) is 63.1 Å². The second-order valence-electron chi connectivity index (χ2n) is 5.20. The monoisotopic (exact) mass is 351 g/mol. The molecule has 0 saturated heterocycles. The zero-order valence-corrected chi connectivity index (χ0v) is 14.1. The fourth-order valence-electron chi connectivity index (χ4n) is 2.19. The molecule has 0 spiro atoms. The first kappa shape index (κ1) is 15.4. The Morgan fingerprint density at radius 1 is 1.20 bits per heavy atom. The molecule has 0 aromatic heterocycles. The highest BCUT2D eigenvalue weighted by Gasteiger charge is 2.06. The lowest BCUT2D eigenvalue weighted by molar-refractivity contribution is 0.705. The van der Waals surface area contributed by atoms with Crippen LogP contribution in [0.4, 0.5) is 5.69 Å². The summed E-state index contributed by atoms with van der Waals surface area (Å²) < 4.78 is 1.01. The summed E-state index contributed by atoms with van der Waals surface area (Å²) in [6.07, 6.45) is 2.18. The molecule has 3 heteroatoms. The summed E-state index contributed by atoms with van der Waals surface area (Å²) in [5.41, 5.74) is 3.81. The molecule has 1 atom stereocenters.